The highest BCUT2D eigenvalue weighted by Gasteiger charge is 2.16. The number of carbonyl (C=O) groups is 2. The average Bonchev–Trinajstić information content (AvgIpc) is 2.65. The van der Waals surface area contributed by atoms with Crippen LogP contribution in [0.3, 0.4) is 0 Å². The van der Waals surface area contributed by atoms with E-state index in [1.165, 1.54) is 43.4 Å². The van der Waals surface area contributed by atoms with E-state index in [9.17, 15) is 14.0 Å². The van der Waals surface area contributed by atoms with E-state index in [2.05, 4.69) is 0 Å². The molecule has 0 bridgehead atoms. The molecule has 1 amide bonds. The summed E-state index contributed by atoms with van der Waals surface area (Å²) in [5.41, 5.74) is 1.03. The predicted molar refractivity (Wildman–Crippen MR) is 92.9 cm³/mol. The zero-order valence-electron chi connectivity index (χ0n) is 14.4. The number of benzene rings is 2. The maximum absolute atomic E-state index is 12.9. The Bertz CT molecular complexity index is 759. The summed E-state index contributed by atoms with van der Waals surface area (Å²) in [4.78, 5) is 25.9. The first kappa shape index (κ1) is 18.4. The average molecular weight is 345 g/mol. The first-order valence-electron chi connectivity index (χ1n) is 7.73. The number of amides is 1. The molecule has 2 aromatic rings. The van der Waals surface area contributed by atoms with Crippen molar-refractivity contribution in [2.45, 2.75) is 12.8 Å². The quantitative estimate of drug-likeness (QED) is 0.721. The fourth-order valence-corrected chi connectivity index (χ4v) is 2.35. The largest absolute Gasteiger partial charge is 0.493 e. The highest BCUT2D eigenvalue weighted by atomic mass is 19.1. The standard InChI is InChI=1S/C19H20FNO4/c1-21(15-8-10-17(24-2)18(12-15)25-3)19(23)11-9-16(22)13-4-6-14(20)7-5-13/h4-8,10,12H,9,11H2,1-3H3. The SMILES string of the molecule is COc1ccc(N(C)C(=O)CCC(=O)c2ccc(F)cc2)cc1OC. The van der Waals surface area contributed by atoms with Gasteiger partial charge in [0.25, 0.3) is 0 Å². The third-order valence-electron chi connectivity index (χ3n) is 3.86. The number of methoxy groups -OCH3 is 2. The number of nitrogens with zero attached hydrogens (tertiary/aromatic N) is 1. The molecule has 0 heterocycles. The van der Waals surface area contributed by atoms with Gasteiger partial charge in [0.05, 0.1) is 14.2 Å². The molecule has 5 nitrogen and oxygen atoms in total. The molecule has 0 fully saturated rings. The van der Waals surface area contributed by atoms with Crippen molar-refractivity contribution in [1.29, 1.82) is 0 Å². The van der Waals surface area contributed by atoms with E-state index < -0.39 is 5.82 Å². The molecule has 0 aliphatic heterocycles. The molecule has 0 spiro atoms. The van der Waals surface area contributed by atoms with Gasteiger partial charge in [0.2, 0.25) is 5.91 Å². The lowest BCUT2D eigenvalue weighted by Gasteiger charge is -2.19. The Morgan fingerprint density at radius 1 is 0.960 bits per heavy atom. The van der Waals surface area contributed by atoms with E-state index in [1.54, 1.807) is 25.2 Å². The van der Waals surface area contributed by atoms with Crippen LogP contribution in [0.5, 0.6) is 11.5 Å². The van der Waals surface area contributed by atoms with Crippen molar-refractivity contribution >= 4 is 17.4 Å². The van der Waals surface area contributed by atoms with Gasteiger partial charge in [-0.1, -0.05) is 0 Å². The minimum atomic E-state index is -0.402. The second-order valence-corrected chi connectivity index (χ2v) is 5.42. The zero-order chi connectivity index (χ0) is 18.4. The normalized spacial score (nSPS) is 10.2. The molecular weight excluding hydrogens is 325 g/mol. The molecular formula is C19H20FNO4. The molecule has 0 aliphatic rings. The number of hydrogen-bond acceptors (Lipinski definition) is 4. The second kappa shape index (κ2) is 8.28. The van der Waals surface area contributed by atoms with Gasteiger partial charge >= 0.3 is 0 Å². The van der Waals surface area contributed by atoms with Crippen molar-refractivity contribution in [3.63, 3.8) is 0 Å². The first-order chi connectivity index (χ1) is 12.0. The molecule has 2 aromatic carbocycles. The Balaban J connectivity index is 2.00. The molecule has 0 unspecified atom stereocenters. The van der Waals surface area contributed by atoms with Crippen LogP contribution in [-0.2, 0) is 4.79 Å². The van der Waals surface area contributed by atoms with Gasteiger partial charge in [-0.3, -0.25) is 9.59 Å². The Kier molecular flexibility index (Phi) is 6.11. The Labute approximate surface area is 146 Å². The lowest BCUT2D eigenvalue weighted by atomic mass is 10.1. The van der Waals surface area contributed by atoms with Gasteiger partial charge in [-0.15, -0.1) is 0 Å². The summed E-state index contributed by atoms with van der Waals surface area (Å²) < 4.78 is 23.3. The summed E-state index contributed by atoms with van der Waals surface area (Å²) in [5, 5.41) is 0. The monoisotopic (exact) mass is 345 g/mol. The summed E-state index contributed by atoms with van der Waals surface area (Å²) in [6.45, 7) is 0. The van der Waals surface area contributed by atoms with E-state index in [1.807, 2.05) is 0 Å². The lowest BCUT2D eigenvalue weighted by molar-refractivity contribution is -0.118. The summed E-state index contributed by atoms with van der Waals surface area (Å²) in [6.07, 6.45) is 0.114. The van der Waals surface area contributed by atoms with Gasteiger partial charge in [-0.25, -0.2) is 4.39 Å². The van der Waals surface area contributed by atoms with Crippen LogP contribution in [-0.4, -0.2) is 33.0 Å². The van der Waals surface area contributed by atoms with Crippen LogP contribution in [0.15, 0.2) is 42.5 Å². The second-order valence-electron chi connectivity index (χ2n) is 5.42. The molecule has 0 atom stereocenters. The van der Waals surface area contributed by atoms with Gasteiger partial charge in [-0.05, 0) is 36.4 Å². The Hall–Kier alpha value is -2.89. The van der Waals surface area contributed by atoms with E-state index in [-0.39, 0.29) is 24.5 Å². The molecule has 0 N–H and O–H groups in total. The first-order valence-corrected chi connectivity index (χ1v) is 7.73. The smallest absolute Gasteiger partial charge is 0.227 e. The number of ketones is 1. The van der Waals surface area contributed by atoms with Gasteiger partial charge in [0, 0.05) is 37.2 Å². The fraction of sp³-hybridized carbons (Fsp3) is 0.263. The van der Waals surface area contributed by atoms with Crippen LogP contribution in [0.1, 0.15) is 23.2 Å². The minimum absolute atomic E-state index is 0.0566. The van der Waals surface area contributed by atoms with Crippen LogP contribution in [0, 0.1) is 5.82 Å². The van der Waals surface area contributed by atoms with E-state index in [0.29, 0.717) is 22.7 Å². The van der Waals surface area contributed by atoms with Crippen molar-refractivity contribution in [2.24, 2.45) is 0 Å². The molecule has 0 aliphatic carbocycles. The van der Waals surface area contributed by atoms with E-state index >= 15 is 0 Å². The maximum atomic E-state index is 12.9. The molecule has 0 aromatic heterocycles. The van der Waals surface area contributed by atoms with Crippen LogP contribution in [0.2, 0.25) is 0 Å². The molecule has 6 heteroatoms. The topological polar surface area (TPSA) is 55.8 Å². The number of rotatable bonds is 7. The van der Waals surface area contributed by atoms with Crippen molar-refractivity contribution in [1.82, 2.24) is 0 Å². The van der Waals surface area contributed by atoms with Crippen LogP contribution >= 0.6 is 0 Å². The Morgan fingerprint density at radius 3 is 2.20 bits per heavy atom. The van der Waals surface area contributed by atoms with Crippen LogP contribution < -0.4 is 14.4 Å². The summed E-state index contributed by atoms with van der Waals surface area (Å²) in [5.74, 6) is 0.276. The number of hydrogen-bond donors (Lipinski definition) is 0. The zero-order valence-corrected chi connectivity index (χ0v) is 14.4. The number of Topliss-reactive ketones (excluding diaryl/α,β-unsaturated/α-hetero) is 1. The molecule has 0 saturated carbocycles. The molecule has 0 saturated heterocycles. The molecule has 25 heavy (non-hydrogen) atoms. The van der Waals surface area contributed by atoms with Crippen molar-refractivity contribution in [3.8, 4) is 11.5 Å². The summed E-state index contributed by atoms with van der Waals surface area (Å²) >= 11 is 0. The molecule has 132 valence electrons. The van der Waals surface area contributed by atoms with Gasteiger partial charge in [0.15, 0.2) is 17.3 Å². The van der Waals surface area contributed by atoms with E-state index in [0.717, 1.165) is 0 Å². The third kappa shape index (κ3) is 4.56. The van der Waals surface area contributed by atoms with Crippen molar-refractivity contribution < 1.29 is 23.5 Å². The fourth-order valence-electron chi connectivity index (χ4n) is 2.35. The van der Waals surface area contributed by atoms with E-state index in [4.69, 9.17) is 9.47 Å². The predicted octanol–water partition coefficient (Wildman–Crippen LogP) is 3.47. The lowest BCUT2D eigenvalue weighted by Crippen LogP contribution is -2.26. The third-order valence-corrected chi connectivity index (χ3v) is 3.86. The van der Waals surface area contributed by atoms with Crippen LogP contribution in [0.4, 0.5) is 10.1 Å². The van der Waals surface area contributed by atoms with Gasteiger partial charge in [-0.2, -0.15) is 0 Å². The van der Waals surface area contributed by atoms with Gasteiger partial charge < -0.3 is 14.4 Å². The molecule has 2 rings (SSSR count). The molecule has 0 radical (unpaired) electrons. The Morgan fingerprint density at radius 2 is 1.60 bits per heavy atom. The van der Waals surface area contributed by atoms with Crippen molar-refractivity contribution in [2.75, 3.05) is 26.2 Å². The number of halogens is 1. The number of anilines is 1. The highest BCUT2D eigenvalue weighted by Crippen LogP contribution is 2.31. The van der Waals surface area contributed by atoms with Crippen LogP contribution in [0.25, 0.3) is 0 Å². The minimum Gasteiger partial charge on any atom is -0.493 e. The number of ether oxygens (including phenoxy) is 2. The summed E-state index contributed by atoms with van der Waals surface area (Å²) in [6, 6.07) is 10.4. The summed E-state index contributed by atoms with van der Waals surface area (Å²) in [7, 11) is 4.68. The highest BCUT2D eigenvalue weighted by molar-refractivity contribution is 6.00. The van der Waals surface area contributed by atoms with Gasteiger partial charge in [0.1, 0.15) is 5.82 Å². The maximum Gasteiger partial charge on any atom is 0.227 e. The number of carbonyl (C=O) groups excluding carboxylic acids is 2. The van der Waals surface area contributed by atoms with Crippen molar-refractivity contribution in [3.05, 3.63) is 53.8 Å².